The molecule has 1 rings (SSSR count). The smallest absolute Gasteiger partial charge is 0.180 e. The number of methoxy groups -OCH3 is 1. The van der Waals surface area contributed by atoms with Gasteiger partial charge in [0.2, 0.25) is 0 Å². The fraction of sp³-hybridized carbons (Fsp3) is 0.588. The molecular formula is C17H27NO2. The second-order valence-corrected chi connectivity index (χ2v) is 5.39. The van der Waals surface area contributed by atoms with E-state index < -0.39 is 0 Å². The number of hydrogen-bond acceptors (Lipinski definition) is 3. The van der Waals surface area contributed by atoms with Crippen LogP contribution in [0.2, 0.25) is 0 Å². The first kappa shape index (κ1) is 16.7. The Hall–Kier alpha value is -1.35. The van der Waals surface area contributed by atoms with Crippen LogP contribution in [0.15, 0.2) is 24.3 Å². The number of benzene rings is 1. The second-order valence-electron chi connectivity index (χ2n) is 5.39. The van der Waals surface area contributed by atoms with Crippen LogP contribution in [0.5, 0.6) is 5.75 Å². The first-order chi connectivity index (χ1) is 9.60. The lowest BCUT2D eigenvalue weighted by molar-refractivity contribution is 0.0901. The molecule has 0 aliphatic carbocycles. The van der Waals surface area contributed by atoms with E-state index in [1.54, 1.807) is 7.11 Å². The number of para-hydroxylation sites is 1. The highest BCUT2D eigenvalue weighted by molar-refractivity contribution is 6.00. The largest absolute Gasteiger partial charge is 0.496 e. The minimum absolute atomic E-state index is 0.132. The molecule has 0 radical (unpaired) electrons. The van der Waals surface area contributed by atoms with Gasteiger partial charge in [-0.1, -0.05) is 31.9 Å². The van der Waals surface area contributed by atoms with Crippen molar-refractivity contribution in [3.8, 4) is 5.75 Å². The Morgan fingerprint density at radius 1 is 1.25 bits per heavy atom. The zero-order valence-corrected chi connectivity index (χ0v) is 13.2. The van der Waals surface area contributed by atoms with Crippen molar-refractivity contribution in [2.24, 2.45) is 0 Å². The summed E-state index contributed by atoms with van der Waals surface area (Å²) in [5.41, 5.74) is 0.677. The Balaban J connectivity index is 2.70. The summed E-state index contributed by atoms with van der Waals surface area (Å²) in [4.78, 5) is 14.7. The molecule has 1 aromatic rings. The Kier molecular flexibility index (Phi) is 7.31. The fourth-order valence-corrected chi connectivity index (χ4v) is 2.23. The molecule has 0 atom stereocenters. The number of carbonyl (C=O) groups excluding carboxylic acids is 1. The molecule has 0 N–H and O–H groups in total. The Morgan fingerprint density at radius 2 is 1.95 bits per heavy atom. The fourth-order valence-electron chi connectivity index (χ4n) is 2.23. The maximum atomic E-state index is 12.5. The molecule has 0 bridgehead atoms. The van der Waals surface area contributed by atoms with Crippen LogP contribution in [0.3, 0.4) is 0 Å². The molecule has 0 amide bonds. The van der Waals surface area contributed by atoms with Gasteiger partial charge >= 0.3 is 0 Å². The van der Waals surface area contributed by atoms with Gasteiger partial charge in [0.25, 0.3) is 0 Å². The predicted molar refractivity (Wildman–Crippen MR) is 83.6 cm³/mol. The molecule has 0 unspecified atom stereocenters. The lowest BCUT2D eigenvalue weighted by Gasteiger charge is -2.25. The number of unbranched alkanes of at least 4 members (excludes halogenated alkanes) is 2. The summed E-state index contributed by atoms with van der Waals surface area (Å²) in [7, 11) is 1.60. The van der Waals surface area contributed by atoms with Crippen LogP contribution in [0.4, 0.5) is 0 Å². The molecule has 0 aliphatic heterocycles. The molecule has 0 heterocycles. The summed E-state index contributed by atoms with van der Waals surface area (Å²) in [6.45, 7) is 7.91. The van der Waals surface area contributed by atoms with Crippen molar-refractivity contribution < 1.29 is 9.53 Å². The van der Waals surface area contributed by atoms with Crippen molar-refractivity contribution in [3.63, 3.8) is 0 Å². The zero-order chi connectivity index (χ0) is 15.0. The van der Waals surface area contributed by atoms with Crippen molar-refractivity contribution in [1.29, 1.82) is 0 Å². The Labute approximate surface area is 122 Å². The summed E-state index contributed by atoms with van der Waals surface area (Å²) in [5.74, 6) is 0.794. The topological polar surface area (TPSA) is 29.5 Å². The second kappa shape index (κ2) is 8.75. The number of carbonyl (C=O) groups is 1. The third kappa shape index (κ3) is 4.97. The zero-order valence-electron chi connectivity index (χ0n) is 13.2. The minimum atomic E-state index is 0.132. The summed E-state index contributed by atoms with van der Waals surface area (Å²) >= 11 is 0. The van der Waals surface area contributed by atoms with Gasteiger partial charge in [0.05, 0.1) is 19.2 Å². The Bertz CT molecular complexity index is 415. The van der Waals surface area contributed by atoms with E-state index in [0.717, 1.165) is 13.0 Å². The van der Waals surface area contributed by atoms with Crippen LogP contribution in [0, 0.1) is 0 Å². The maximum absolute atomic E-state index is 12.5. The molecule has 3 heteroatoms. The third-order valence-electron chi connectivity index (χ3n) is 3.53. The number of ether oxygens (including phenoxy) is 1. The van der Waals surface area contributed by atoms with E-state index in [-0.39, 0.29) is 5.78 Å². The van der Waals surface area contributed by atoms with Gasteiger partial charge in [-0.15, -0.1) is 0 Å². The summed E-state index contributed by atoms with van der Waals surface area (Å²) in [5, 5.41) is 0. The monoisotopic (exact) mass is 277 g/mol. The molecule has 0 fully saturated rings. The van der Waals surface area contributed by atoms with Crippen molar-refractivity contribution in [1.82, 2.24) is 4.90 Å². The van der Waals surface area contributed by atoms with Crippen molar-refractivity contribution in [3.05, 3.63) is 29.8 Å². The first-order valence-electron chi connectivity index (χ1n) is 7.50. The van der Waals surface area contributed by atoms with Gasteiger partial charge in [0.15, 0.2) is 5.78 Å². The number of Topliss-reactive ketones (excluding diaryl/α,β-unsaturated/α-hetero) is 1. The minimum Gasteiger partial charge on any atom is -0.496 e. The van der Waals surface area contributed by atoms with Crippen molar-refractivity contribution in [2.45, 2.75) is 46.1 Å². The average Bonchev–Trinajstić information content (AvgIpc) is 2.46. The van der Waals surface area contributed by atoms with E-state index in [2.05, 4.69) is 25.7 Å². The van der Waals surface area contributed by atoms with Crippen LogP contribution in [-0.4, -0.2) is 36.9 Å². The van der Waals surface area contributed by atoms with E-state index in [4.69, 9.17) is 4.74 Å². The number of rotatable bonds is 9. The van der Waals surface area contributed by atoms with Crippen LogP contribution in [-0.2, 0) is 0 Å². The SMILES string of the molecule is CCCCCN(CC(=O)c1ccccc1OC)C(C)C. The van der Waals surface area contributed by atoms with E-state index in [0.29, 0.717) is 23.9 Å². The lowest BCUT2D eigenvalue weighted by atomic mass is 10.1. The van der Waals surface area contributed by atoms with E-state index >= 15 is 0 Å². The highest BCUT2D eigenvalue weighted by Gasteiger charge is 2.17. The van der Waals surface area contributed by atoms with Gasteiger partial charge in [-0.05, 0) is 38.9 Å². The van der Waals surface area contributed by atoms with Gasteiger partial charge in [0.1, 0.15) is 5.75 Å². The predicted octanol–water partition coefficient (Wildman–Crippen LogP) is 3.78. The number of ketones is 1. The third-order valence-corrected chi connectivity index (χ3v) is 3.53. The highest BCUT2D eigenvalue weighted by Crippen LogP contribution is 2.18. The van der Waals surface area contributed by atoms with Crippen molar-refractivity contribution >= 4 is 5.78 Å². The quantitative estimate of drug-likeness (QED) is 0.508. The lowest BCUT2D eigenvalue weighted by Crippen LogP contribution is -2.36. The van der Waals surface area contributed by atoms with E-state index in [1.165, 1.54) is 12.8 Å². The number of hydrogen-bond donors (Lipinski definition) is 0. The van der Waals surface area contributed by atoms with Crippen LogP contribution >= 0.6 is 0 Å². The van der Waals surface area contributed by atoms with Gasteiger partial charge in [-0.25, -0.2) is 0 Å². The molecule has 1 aromatic carbocycles. The van der Waals surface area contributed by atoms with Gasteiger partial charge in [-0.2, -0.15) is 0 Å². The molecule has 3 nitrogen and oxygen atoms in total. The molecule has 0 aromatic heterocycles. The molecule has 0 saturated carbocycles. The summed E-state index contributed by atoms with van der Waals surface area (Å²) in [6.07, 6.45) is 3.56. The van der Waals surface area contributed by atoms with Crippen LogP contribution in [0.25, 0.3) is 0 Å². The van der Waals surface area contributed by atoms with E-state index in [1.807, 2.05) is 24.3 Å². The van der Waals surface area contributed by atoms with Crippen LogP contribution < -0.4 is 4.74 Å². The molecule has 0 aliphatic rings. The first-order valence-corrected chi connectivity index (χ1v) is 7.50. The van der Waals surface area contributed by atoms with Gasteiger partial charge in [0, 0.05) is 6.04 Å². The van der Waals surface area contributed by atoms with Crippen molar-refractivity contribution in [2.75, 3.05) is 20.2 Å². The summed E-state index contributed by atoms with van der Waals surface area (Å²) in [6, 6.07) is 7.82. The number of nitrogens with zero attached hydrogens (tertiary/aromatic N) is 1. The van der Waals surface area contributed by atoms with Gasteiger partial charge in [-0.3, -0.25) is 9.69 Å². The Morgan fingerprint density at radius 3 is 2.55 bits per heavy atom. The van der Waals surface area contributed by atoms with Gasteiger partial charge < -0.3 is 4.74 Å². The summed E-state index contributed by atoms with van der Waals surface area (Å²) < 4.78 is 5.27. The maximum Gasteiger partial charge on any atom is 0.180 e. The molecule has 20 heavy (non-hydrogen) atoms. The average molecular weight is 277 g/mol. The standard InChI is InChI=1S/C17H27NO2/c1-5-6-9-12-18(14(2)3)13-16(19)15-10-7-8-11-17(15)20-4/h7-8,10-11,14H,5-6,9,12-13H2,1-4H3. The molecule has 112 valence electrons. The molecule has 0 saturated heterocycles. The van der Waals surface area contributed by atoms with Crippen LogP contribution in [0.1, 0.15) is 50.4 Å². The molecule has 0 spiro atoms. The molecular weight excluding hydrogens is 250 g/mol. The highest BCUT2D eigenvalue weighted by atomic mass is 16.5. The van der Waals surface area contributed by atoms with E-state index in [9.17, 15) is 4.79 Å². The normalized spacial score (nSPS) is 11.1.